The van der Waals surface area contributed by atoms with Crippen molar-refractivity contribution >= 4 is 11.9 Å². The highest BCUT2D eigenvalue weighted by molar-refractivity contribution is 5.91. The minimum absolute atomic E-state index is 0.336. The van der Waals surface area contributed by atoms with E-state index in [0.717, 1.165) is 25.7 Å². The molecule has 0 aromatic carbocycles. The molecule has 37 heavy (non-hydrogen) atoms. The molecule has 0 N–H and O–H groups in total. The van der Waals surface area contributed by atoms with Crippen molar-refractivity contribution in [1.29, 1.82) is 0 Å². The molecule has 216 valence electrons. The molecule has 0 aliphatic carbocycles. The normalized spacial score (nSPS) is 11.8. The van der Waals surface area contributed by atoms with Crippen molar-refractivity contribution in [1.82, 2.24) is 0 Å². The van der Waals surface area contributed by atoms with E-state index in [9.17, 15) is 9.59 Å². The van der Waals surface area contributed by atoms with Crippen LogP contribution in [-0.4, -0.2) is 18.5 Å². The Balaban J connectivity index is 4.24. The maximum Gasteiger partial charge on any atom is 0.338 e. The molecule has 0 aromatic heterocycles. The Kier molecular flexibility index (Phi) is 24.9. The first-order valence-electron chi connectivity index (χ1n) is 15.7. The first-order chi connectivity index (χ1) is 17.9. The molecule has 0 aliphatic heterocycles. The van der Waals surface area contributed by atoms with Gasteiger partial charge in [-0.1, -0.05) is 142 Å². The minimum Gasteiger partial charge on any atom is -0.462 e. The van der Waals surface area contributed by atoms with E-state index in [4.69, 9.17) is 9.47 Å². The minimum atomic E-state index is -0.472. The molecule has 0 heterocycles. The van der Waals surface area contributed by atoms with Crippen LogP contribution in [0.1, 0.15) is 169 Å². The number of unbranched alkanes of at least 4 members (excludes halogenated alkanes) is 19. The largest absolute Gasteiger partial charge is 0.462 e. The third-order valence-corrected chi connectivity index (χ3v) is 7.03. The highest BCUT2D eigenvalue weighted by Gasteiger charge is 2.17. The summed E-state index contributed by atoms with van der Waals surface area (Å²) in [5.74, 6) is -0.402. The molecule has 0 fully saturated rings. The average Bonchev–Trinajstić information content (AvgIpc) is 2.88. The highest BCUT2D eigenvalue weighted by Crippen LogP contribution is 2.20. The predicted octanol–water partition coefficient (Wildman–Crippen LogP) is 10.5. The average molecular weight is 521 g/mol. The molecule has 0 saturated carbocycles. The molecule has 0 saturated heterocycles. The van der Waals surface area contributed by atoms with E-state index in [1.165, 1.54) is 109 Å². The van der Waals surface area contributed by atoms with Gasteiger partial charge in [0.1, 0.15) is 5.76 Å². The number of hydrogen-bond acceptors (Lipinski definition) is 4. The Morgan fingerprint density at radius 2 is 0.919 bits per heavy atom. The molecule has 0 amide bonds. The third kappa shape index (κ3) is 22.1. The SMILES string of the molecule is C=C(C)C(=O)OC(CCCCCCCCCCCCC)=C(C)C(=O)OCCCCCCCCCCCC. The zero-order valence-electron chi connectivity index (χ0n) is 25.1. The lowest BCUT2D eigenvalue weighted by Crippen LogP contribution is -2.13. The Bertz CT molecular complexity index is 620. The number of esters is 2. The summed E-state index contributed by atoms with van der Waals surface area (Å²) >= 11 is 0. The molecule has 0 aromatic rings. The summed E-state index contributed by atoms with van der Waals surface area (Å²) in [6, 6.07) is 0. The number of carbonyl (C=O) groups is 2. The summed E-state index contributed by atoms with van der Waals surface area (Å²) in [7, 11) is 0. The van der Waals surface area contributed by atoms with Crippen LogP contribution in [0.3, 0.4) is 0 Å². The predicted molar refractivity (Wildman–Crippen MR) is 157 cm³/mol. The summed E-state index contributed by atoms with van der Waals surface area (Å²) in [6.07, 6.45) is 26.8. The van der Waals surface area contributed by atoms with Crippen molar-refractivity contribution < 1.29 is 19.1 Å². The fraction of sp³-hybridized carbons (Fsp3) is 0.818. The molecule has 0 radical (unpaired) electrons. The van der Waals surface area contributed by atoms with Crippen LogP contribution in [-0.2, 0) is 19.1 Å². The molecule has 0 spiro atoms. The zero-order chi connectivity index (χ0) is 27.6. The Hall–Kier alpha value is -1.58. The van der Waals surface area contributed by atoms with Crippen LogP contribution in [0.15, 0.2) is 23.5 Å². The Morgan fingerprint density at radius 3 is 1.32 bits per heavy atom. The zero-order valence-corrected chi connectivity index (χ0v) is 25.1. The molecule has 4 heteroatoms. The molecule has 0 atom stereocenters. The molecular weight excluding hydrogens is 460 g/mol. The van der Waals surface area contributed by atoms with Gasteiger partial charge in [-0.2, -0.15) is 0 Å². The van der Waals surface area contributed by atoms with Crippen molar-refractivity contribution in [2.24, 2.45) is 0 Å². The summed E-state index contributed by atoms with van der Waals surface area (Å²) in [5, 5.41) is 0. The van der Waals surface area contributed by atoms with Gasteiger partial charge in [-0.3, -0.25) is 0 Å². The van der Waals surface area contributed by atoms with Gasteiger partial charge in [0.25, 0.3) is 0 Å². The van der Waals surface area contributed by atoms with Gasteiger partial charge < -0.3 is 9.47 Å². The van der Waals surface area contributed by atoms with E-state index in [0.29, 0.717) is 29.9 Å². The number of hydrogen-bond donors (Lipinski definition) is 0. The van der Waals surface area contributed by atoms with Crippen molar-refractivity contribution in [2.75, 3.05) is 6.61 Å². The lowest BCUT2D eigenvalue weighted by molar-refractivity contribution is -0.140. The standard InChI is InChI=1S/C33H60O4/c1-6-8-10-12-14-16-18-19-21-23-25-27-31(37-32(34)29(3)4)30(5)33(35)36-28-26-24-22-20-17-15-13-11-9-7-2/h3,6-28H2,1-2,4-5H3. The number of ether oxygens (including phenoxy) is 2. The first kappa shape index (κ1) is 35.4. The molecule has 0 aliphatic rings. The van der Waals surface area contributed by atoms with E-state index in [-0.39, 0.29) is 5.97 Å². The third-order valence-electron chi connectivity index (χ3n) is 7.03. The Labute approximate surface area is 230 Å². The summed E-state index contributed by atoms with van der Waals surface area (Å²) in [5.41, 5.74) is 0.747. The van der Waals surface area contributed by atoms with Crippen LogP contribution in [0, 0.1) is 0 Å². The summed E-state index contributed by atoms with van der Waals surface area (Å²) < 4.78 is 11.0. The second kappa shape index (κ2) is 26.0. The molecule has 0 rings (SSSR count). The van der Waals surface area contributed by atoms with Crippen LogP contribution in [0.4, 0.5) is 0 Å². The van der Waals surface area contributed by atoms with Gasteiger partial charge in [-0.05, 0) is 26.7 Å². The van der Waals surface area contributed by atoms with E-state index < -0.39 is 5.97 Å². The summed E-state index contributed by atoms with van der Waals surface area (Å²) in [6.45, 7) is 11.9. The maximum absolute atomic E-state index is 12.6. The number of carbonyl (C=O) groups excluding carboxylic acids is 2. The highest BCUT2D eigenvalue weighted by atomic mass is 16.5. The van der Waals surface area contributed by atoms with Gasteiger partial charge in [0.2, 0.25) is 0 Å². The van der Waals surface area contributed by atoms with E-state index in [2.05, 4.69) is 20.4 Å². The van der Waals surface area contributed by atoms with Gasteiger partial charge in [-0.25, -0.2) is 9.59 Å². The van der Waals surface area contributed by atoms with Crippen molar-refractivity contribution in [3.8, 4) is 0 Å². The smallest absolute Gasteiger partial charge is 0.338 e. The second-order valence-corrected chi connectivity index (χ2v) is 10.8. The lowest BCUT2D eigenvalue weighted by Gasteiger charge is -2.13. The van der Waals surface area contributed by atoms with E-state index >= 15 is 0 Å². The molecular formula is C33H60O4. The van der Waals surface area contributed by atoms with Crippen LogP contribution < -0.4 is 0 Å². The Morgan fingerprint density at radius 1 is 0.541 bits per heavy atom. The molecule has 0 unspecified atom stereocenters. The first-order valence-corrected chi connectivity index (χ1v) is 15.7. The van der Waals surface area contributed by atoms with Gasteiger partial charge in [0.05, 0.1) is 12.2 Å². The van der Waals surface area contributed by atoms with Gasteiger partial charge in [-0.15, -0.1) is 0 Å². The van der Waals surface area contributed by atoms with Crippen molar-refractivity contribution in [3.63, 3.8) is 0 Å². The maximum atomic E-state index is 12.6. The quantitative estimate of drug-likeness (QED) is 0.0492. The molecule has 0 bridgehead atoms. The number of rotatable bonds is 26. The van der Waals surface area contributed by atoms with Crippen molar-refractivity contribution in [3.05, 3.63) is 23.5 Å². The van der Waals surface area contributed by atoms with Crippen LogP contribution in [0.5, 0.6) is 0 Å². The van der Waals surface area contributed by atoms with Crippen molar-refractivity contribution in [2.45, 2.75) is 169 Å². The van der Waals surface area contributed by atoms with E-state index in [1.807, 2.05) is 0 Å². The number of allylic oxidation sites excluding steroid dienone is 1. The summed E-state index contributed by atoms with van der Waals surface area (Å²) in [4.78, 5) is 24.7. The van der Waals surface area contributed by atoms with E-state index in [1.54, 1.807) is 13.8 Å². The topological polar surface area (TPSA) is 52.6 Å². The molecule has 4 nitrogen and oxygen atoms in total. The fourth-order valence-corrected chi connectivity index (χ4v) is 4.44. The monoisotopic (exact) mass is 520 g/mol. The second-order valence-electron chi connectivity index (χ2n) is 10.8. The van der Waals surface area contributed by atoms with Gasteiger partial charge >= 0.3 is 11.9 Å². The van der Waals surface area contributed by atoms with Gasteiger partial charge in [0, 0.05) is 12.0 Å². The fourth-order valence-electron chi connectivity index (χ4n) is 4.44. The van der Waals surface area contributed by atoms with Gasteiger partial charge in [0.15, 0.2) is 0 Å². The van der Waals surface area contributed by atoms with Crippen LogP contribution in [0.25, 0.3) is 0 Å². The van der Waals surface area contributed by atoms with Crippen LogP contribution >= 0.6 is 0 Å². The van der Waals surface area contributed by atoms with Crippen LogP contribution in [0.2, 0.25) is 0 Å². The lowest BCUT2D eigenvalue weighted by atomic mass is 10.0.